The number of sulfonamides is 1. The minimum Gasteiger partial charge on any atom is -0.320 e. The van der Waals surface area contributed by atoms with Crippen LogP contribution in [0.3, 0.4) is 0 Å². The van der Waals surface area contributed by atoms with Gasteiger partial charge < -0.3 is 5.73 Å². The summed E-state index contributed by atoms with van der Waals surface area (Å²) in [4.78, 5) is -0.0340. The zero-order valence-electron chi connectivity index (χ0n) is 12.2. The van der Waals surface area contributed by atoms with Crippen molar-refractivity contribution in [1.29, 1.82) is 0 Å². The summed E-state index contributed by atoms with van der Waals surface area (Å²) in [6, 6.07) is 3.81. The Labute approximate surface area is 125 Å². The Morgan fingerprint density at radius 3 is 2.67 bits per heavy atom. The Bertz CT molecular complexity index is 702. The maximum atomic E-state index is 14.0. The van der Waals surface area contributed by atoms with Gasteiger partial charge in [0, 0.05) is 12.1 Å². The fourth-order valence-electron chi connectivity index (χ4n) is 2.56. The number of benzene rings is 1. The van der Waals surface area contributed by atoms with Crippen LogP contribution in [-0.2, 0) is 10.0 Å². The molecule has 1 aromatic rings. The summed E-state index contributed by atoms with van der Waals surface area (Å²) in [5.74, 6) is 4.48. The molecule has 6 heteroatoms. The van der Waals surface area contributed by atoms with E-state index in [1.807, 2.05) is 13.8 Å². The van der Waals surface area contributed by atoms with Crippen molar-refractivity contribution in [1.82, 2.24) is 4.31 Å². The van der Waals surface area contributed by atoms with E-state index in [-0.39, 0.29) is 17.0 Å². The second kappa shape index (κ2) is 5.76. The van der Waals surface area contributed by atoms with Crippen molar-refractivity contribution < 1.29 is 12.8 Å². The number of halogens is 1. The summed E-state index contributed by atoms with van der Waals surface area (Å²) in [7, 11) is -3.69. The Morgan fingerprint density at radius 1 is 1.43 bits per heavy atom. The van der Waals surface area contributed by atoms with Crippen molar-refractivity contribution in [2.75, 3.05) is 13.1 Å². The summed E-state index contributed by atoms with van der Waals surface area (Å²) in [5, 5.41) is 0. The van der Waals surface area contributed by atoms with Gasteiger partial charge in [-0.2, -0.15) is 4.31 Å². The van der Waals surface area contributed by atoms with Crippen LogP contribution in [0.1, 0.15) is 32.3 Å². The van der Waals surface area contributed by atoms with Gasteiger partial charge in [-0.3, -0.25) is 0 Å². The molecule has 1 fully saturated rings. The molecular weight excluding hydrogens is 291 g/mol. The second-order valence-electron chi connectivity index (χ2n) is 5.64. The highest BCUT2D eigenvalue weighted by atomic mass is 32.2. The number of hydrogen-bond donors (Lipinski definition) is 1. The van der Waals surface area contributed by atoms with Gasteiger partial charge in [-0.15, -0.1) is 0 Å². The lowest BCUT2D eigenvalue weighted by molar-refractivity contribution is 0.291. The van der Waals surface area contributed by atoms with E-state index in [0.717, 1.165) is 18.9 Å². The van der Waals surface area contributed by atoms with Crippen LogP contribution < -0.4 is 5.73 Å². The Morgan fingerprint density at radius 2 is 2.14 bits per heavy atom. The van der Waals surface area contributed by atoms with Gasteiger partial charge in [-0.1, -0.05) is 11.8 Å². The third-order valence-corrected chi connectivity index (χ3v) is 5.79. The number of nitrogens with two attached hydrogens (primary N) is 1. The predicted molar refractivity (Wildman–Crippen MR) is 79.5 cm³/mol. The molecule has 21 heavy (non-hydrogen) atoms. The molecule has 0 amide bonds. The maximum Gasteiger partial charge on any atom is 0.243 e. The molecule has 1 heterocycles. The smallest absolute Gasteiger partial charge is 0.243 e. The Balaban J connectivity index is 2.40. The molecule has 0 saturated carbocycles. The van der Waals surface area contributed by atoms with E-state index in [4.69, 9.17) is 5.73 Å². The average molecular weight is 310 g/mol. The first-order valence-electron chi connectivity index (χ1n) is 6.80. The zero-order valence-corrected chi connectivity index (χ0v) is 13.0. The van der Waals surface area contributed by atoms with Crippen molar-refractivity contribution in [2.45, 2.75) is 37.1 Å². The van der Waals surface area contributed by atoms with E-state index in [9.17, 15) is 12.8 Å². The molecule has 0 unspecified atom stereocenters. The monoisotopic (exact) mass is 310 g/mol. The van der Waals surface area contributed by atoms with Crippen LogP contribution in [-0.4, -0.2) is 31.4 Å². The molecular formula is C15H19FN2O2S. The van der Waals surface area contributed by atoms with Crippen LogP contribution in [0.25, 0.3) is 0 Å². The van der Waals surface area contributed by atoms with Gasteiger partial charge in [0.2, 0.25) is 10.0 Å². The Kier molecular flexibility index (Phi) is 4.38. The largest absolute Gasteiger partial charge is 0.320 e. The van der Waals surface area contributed by atoms with Gasteiger partial charge in [-0.05, 0) is 44.9 Å². The third-order valence-electron chi connectivity index (χ3n) is 3.68. The summed E-state index contributed by atoms with van der Waals surface area (Å²) in [6.45, 7) is 4.36. The van der Waals surface area contributed by atoms with Gasteiger partial charge in [0.1, 0.15) is 5.82 Å². The highest BCUT2D eigenvalue weighted by Crippen LogP contribution is 2.34. The van der Waals surface area contributed by atoms with Crippen molar-refractivity contribution in [3.8, 4) is 11.8 Å². The van der Waals surface area contributed by atoms with Crippen molar-refractivity contribution in [3.05, 3.63) is 29.6 Å². The highest BCUT2D eigenvalue weighted by molar-refractivity contribution is 7.89. The quantitative estimate of drug-likeness (QED) is 0.846. The predicted octanol–water partition coefficient (Wildman–Crippen LogP) is 1.70. The van der Waals surface area contributed by atoms with Crippen molar-refractivity contribution >= 4 is 10.0 Å². The lowest BCUT2D eigenvalue weighted by Crippen LogP contribution is -2.42. The Hall–Kier alpha value is -1.42. The zero-order chi connectivity index (χ0) is 15.7. The third kappa shape index (κ3) is 3.10. The molecule has 1 aliphatic heterocycles. The summed E-state index contributed by atoms with van der Waals surface area (Å²) in [6.07, 6.45) is 1.61. The first-order chi connectivity index (χ1) is 9.79. The number of hydrogen-bond acceptors (Lipinski definition) is 3. The minimum atomic E-state index is -3.69. The van der Waals surface area contributed by atoms with E-state index in [2.05, 4.69) is 11.8 Å². The topological polar surface area (TPSA) is 63.4 Å². The summed E-state index contributed by atoms with van der Waals surface area (Å²) < 4.78 is 40.7. The number of rotatable bonds is 2. The molecule has 1 saturated heterocycles. The minimum absolute atomic E-state index is 0.0340. The van der Waals surface area contributed by atoms with Crippen molar-refractivity contribution in [2.24, 2.45) is 5.73 Å². The highest BCUT2D eigenvalue weighted by Gasteiger charge is 2.40. The first-order valence-corrected chi connectivity index (χ1v) is 8.24. The molecule has 1 aliphatic rings. The standard InChI is InChI=1S/C15H19FN2O2S/c1-15(2)8-4-10-18(15)21(19,20)13-7-6-12(5-3-9-17)14(16)11-13/h6-7,11H,4,8-10,17H2,1-2H3. The van der Waals surface area contributed by atoms with Gasteiger partial charge in [0.05, 0.1) is 17.0 Å². The van der Waals surface area contributed by atoms with Crippen LogP contribution in [0.4, 0.5) is 4.39 Å². The van der Waals surface area contributed by atoms with Gasteiger partial charge in [0.15, 0.2) is 0 Å². The van der Waals surface area contributed by atoms with Crippen LogP contribution in [0.5, 0.6) is 0 Å². The van der Waals surface area contributed by atoms with E-state index >= 15 is 0 Å². The van der Waals surface area contributed by atoms with Crippen molar-refractivity contribution in [3.63, 3.8) is 0 Å². The fourth-order valence-corrected chi connectivity index (χ4v) is 4.42. The van der Waals surface area contributed by atoms with Crippen LogP contribution in [0, 0.1) is 17.7 Å². The molecule has 2 N–H and O–H groups in total. The summed E-state index contributed by atoms with van der Waals surface area (Å²) in [5.41, 5.74) is 4.96. The average Bonchev–Trinajstić information content (AvgIpc) is 2.77. The maximum absolute atomic E-state index is 14.0. The molecule has 0 spiro atoms. The number of nitrogens with zero attached hydrogens (tertiary/aromatic N) is 1. The molecule has 0 atom stereocenters. The SMILES string of the molecule is CC1(C)CCCN1S(=O)(=O)c1ccc(C#CCN)c(F)c1. The van der Waals surface area contributed by atoms with Crippen LogP contribution >= 0.6 is 0 Å². The summed E-state index contributed by atoms with van der Waals surface area (Å²) >= 11 is 0. The lowest BCUT2D eigenvalue weighted by Gasteiger charge is -2.30. The van der Waals surface area contributed by atoms with Crippen LogP contribution in [0.15, 0.2) is 23.1 Å². The van der Waals surface area contributed by atoms with Gasteiger partial charge >= 0.3 is 0 Å². The molecule has 0 aromatic heterocycles. The molecule has 0 radical (unpaired) electrons. The molecule has 114 valence electrons. The molecule has 2 rings (SSSR count). The molecule has 0 aliphatic carbocycles. The van der Waals surface area contributed by atoms with Gasteiger partial charge in [-0.25, -0.2) is 12.8 Å². The lowest BCUT2D eigenvalue weighted by atomic mass is 10.0. The molecule has 1 aromatic carbocycles. The van der Waals surface area contributed by atoms with E-state index in [1.165, 1.54) is 16.4 Å². The molecule has 0 bridgehead atoms. The van der Waals surface area contributed by atoms with Gasteiger partial charge in [0.25, 0.3) is 0 Å². The van der Waals surface area contributed by atoms with E-state index in [0.29, 0.717) is 6.54 Å². The fraction of sp³-hybridized carbons (Fsp3) is 0.467. The second-order valence-corrected chi connectivity index (χ2v) is 7.50. The first kappa shape index (κ1) is 16.0. The van der Waals surface area contributed by atoms with Crippen LogP contribution in [0.2, 0.25) is 0 Å². The van der Waals surface area contributed by atoms with E-state index < -0.39 is 21.4 Å². The van der Waals surface area contributed by atoms with E-state index in [1.54, 1.807) is 0 Å². The normalized spacial score (nSPS) is 18.3. The molecule has 4 nitrogen and oxygen atoms in total.